The van der Waals surface area contributed by atoms with E-state index in [9.17, 15) is 9.59 Å². The molecule has 1 saturated carbocycles. The first-order valence-corrected chi connectivity index (χ1v) is 8.20. The number of hydrogen-bond donors (Lipinski definition) is 0. The third-order valence-corrected chi connectivity index (χ3v) is 6.28. The highest BCUT2D eigenvalue weighted by Gasteiger charge is 2.66. The Morgan fingerprint density at radius 3 is 2.95 bits per heavy atom. The van der Waals surface area contributed by atoms with Gasteiger partial charge in [0.05, 0.1) is 17.1 Å². The van der Waals surface area contributed by atoms with Crippen LogP contribution >= 0.6 is 0 Å². The van der Waals surface area contributed by atoms with Crippen molar-refractivity contribution >= 4 is 23.2 Å². The number of nitrogens with zero attached hydrogens (tertiary/aromatic N) is 2. The lowest BCUT2D eigenvalue weighted by Gasteiger charge is -2.49. The number of piperidine rings is 1. The maximum atomic E-state index is 12.8. The summed E-state index contributed by atoms with van der Waals surface area (Å²) in [6.45, 7) is 2.05. The van der Waals surface area contributed by atoms with Gasteiger partial charge in [0.15, 0.2) is 0 Å². The molecule has 22 heavy (non-hydrogen) atoms. The van der Waals surface area contributed by atoms with Crippen LogP contribution in [0.4, 0.5) is 5.69 Å². The van der Waals surface area contributed by atoms with Crippen molar-refractivity contribution in [2.24, 2.45) is 16.8 Å². The summed E-state index contributed by atoms with van der Waals surface area (Å²) in [5.74, 6) is 0.404. The number of hydrogen-bond acceptors (Lipinski definition) is 3. The quantitative estimate of drug-likeness (QED) is 0.747. The Labute approximate surface area is 129 Å². The van der Waals surface area contributed by atoms with E-state index in [1.165, 1.54) is 0 Å². The predicted octanol–water partition coefficient (Wildman–Crippen LogP) is 2.59. The minimum atomic E-state index is -0.321. The Morgan fingerprint density at radius 2 is 2.14 bits per heavy atom. The van der Waals surface area contributed by atoms with Crippen LogP contribution in [-0.4, -0.2) is 28.5 Å². The number of carbonyl (C=O) groups is 2. The Hall–Kier alpha value is -1.97. The highest BCUT2D eigenvalue weighted by Crippen LogP contribution is 2.58. The van der Waals surface area contributed by atoms with Crippen LogP contribution in [0.5, 0.6) is 0 Å². The Kier molecular flexibility index (Phi) is 2.20. The maximum Gasteiger partial charge on any atom is 0.232 e. The fourth-order valence-electron chi connectivity index (χ4n) is 5.38. The van der Waals surface area contributed by atoms with E-state index in [1.807, 2.05) is 18.2 Å². The van der Waals surface area contributed by atoms with E-state index < -0.39 is 0 Å². The van der Waals surface area contributed by atoms with E-state index in [4.69, 9.17) is 4.99 Å². The van der Waals surface area contributed by atoms with Gasteiger partial charge in [0, 0.05) is 18.1 Å². The summed E-state index contributed by atoms with van der Waals surface area (Å²) in [4.78, 5) is 31.9. The van der Waals surface area contributed by atoms with Crippen LogP contribution in [0.1, 0.15) is 38.2 Å². The lowest BCUT2D eigenvalue weighted by atomic mass is 9.59. The molecule has 1 aromatic carbocycles. The smallest absolute Gasteiger partial charge is 0.232 e. The van der Waals surface area contributed by atoms with Crippen LogP contribution in [0.3, 0.4) is 0 Å². The molecule has 0 radical (unpaired) electrons. The number of fused-ring (bicyclic) bond motifs is 2. The molecule has 2 bridgehead atoms. The molecule has 2 amide bonds. The average Bonchev–Trinajstić information content (AvgIpc) is 2.99. The Bertz CT molecular complexity index is 753. The molecule has 4 nitrogen and oxygen atoms in total. The van der Waals surface area contributed by atoms with Gasteiger partial charge in [-0.05, 0) is 36.8 Å². The zero-order valence-corrected chi connectivity index (χ0v) is 12.6. The SMILES string of the molecule is CCC1C(=O)N2C(=O)CC34C(=Nc5ccccc53)CC1CC24. The van der Waals surface area contributed by atoms with Crippen molar-refractivity contribution in [2.75, 3.05) is 0 Å². The van der Waals surface area contributed by atoms with Gasteiger partial charge in [-0.3, -0.25) is 19.5 Å². The van der Waals surface area contributed by atoms with E-state index >= 15 is 0 Å². The van der Waals surface area contributed by atoms with Crippen molar-refractivity contribution in [3.05, 3.63) is 29.8 Å². The molecule has 3 heterocycles. The summed E-state index contributed by atoms with van der Waals surface area (Å²) < 4.78 is 0. The van der Waals surface area contributed by atoms with Crippen LogP contribution in [0, 0.1) is 11.8 Å². The standard InChI is InChI=1S/C18H18N2O2/c1-2-11-10-7-14-18(12-5-3-4-6-13(12)19-14)9-16(21)20(17(11)22)15(18)8-10/h3-6,10-11,15H,2,7-9H2,1H3. The highest BCUT2D eigenvalue weighted by atomic mass is 16.2. The van der Waals surface area contributed by atoms with Crippen molar-refractivity contribution in [1.82, 2.24) is 4.90 Å². The fraction of sp³-hybridized carbons (Fsp3) is 0.500. The van der Waals surface area contributed by atoms with Crippen LogP contribution < -0.4 is 0 Å². The number of amides is 2. The second-order valence-corrected chi connectivity index (χ2v) is 7.06. The molecular formula is C18H18N2O2. The van der Waals surface area contributed by atoms with E-state index in [1.54, 1.807) is 4.90 Å². The third-order valence-electron chi connectivity index (χ3n) is 6.28. The molecule has 5 rings (SSSR count). The molecule has 4 unspecified atom stereocenters. The molecule has 2 saturated heterocycles. The Balaban J connectivity index is 1.75. The monoisotopic (exact) mass is 294 g/mol. The first-order valence-electron chi connectivity index (χ1n) is 8.20. The van der Waals surface area contributed by atoms with Crippen molar-refractivity contribution in [3.8, 4) is 0 Å². The zero-order valence-electron chi connectivity index (χ0n) is 12.6. The van der Waals surface area contributed by atoms with E-state index in [0.717, 1.165) is 36.2 Å². The summed E-state index contributed by atoms with van der Waals surface area (Å²) in [6, 6.07) is 8.14. The molecule has 0 aromatic heterocycles. The first kappa shape index (κ1) is 12.6. The minimum Gasteiger partial charge on any atom is -0.278 e. The van der Waals surface area contributed by atoms with Crippen molar-refractivity contribution in [3.63, 3.8) is 0 Å². The molecule has 1 aliphatic carbocycles. The highest BCUT2D eigenvalue weighted by molar-refractivity contribution is 6.13. The molecule has 4 heteroatoms. The topological polar surface area (TPSA) is 49.7 Å². The maximum absolute atomic E-state index is 12.8. The first-order chi connectivity index (χ1) is 10.7. The minimum absolute atomic E-state index is 0.00166. The van der Waals surface area contributed by atoms with Crippen molar-refractivity contribution < 1.29 is 9.59 Å². The fourth-order valence-corrected chi connectivity index (χ4v) is 5.38. The molecule has 3 aliphatic heterocycles. The third kappa shape index (κ3) is 1.20. The van der Waals surface area contributed by atoms with Crippen LogP contribution in [-0.2, 0) is 15.0 Å². The summed E-state index contributed by atoms with van der Waals surface area (Å²) in [5, 5.41) is 0. The summed E-state index contributed by atoms with van der Waals surface area (Å²) in [5.41, 5.74) is 2.99. The number of imide groups is 1. The van der Waals surface area contributed by atoms with Crippen LogP contribution in [0.2, 0.25) is 0 Å². The van der Waals surface area contributed by atoms with Crippen molar-refractivity contribution in [1.29, 1.82) is 0 Å². The second-order valence-electron chi connectivity index (χ2n) is 7.06. The molecule has 4 atom stereocenters. The molecule has 1 spiro atoms. The number of carbonyl (C=O) groups excluding carboxylic acids is 2. The number of para-hydroxylation sites is 1. The van der Waals surface area contributed by atoms with Gasteiger partial charge >= 0.3 is 0 Å². The molecule has 112 valence electrons. The van der Waals surface area contributed by atoms with Gasteiger partial charge in [-0.2, -0.15) is 0 Å². The summed E-state index contributed by atoms with van der Waals surface area (Å²) >= 11 is 0. The summed E-state index contributed by atoms with van der Waals surface area (Å²) in [6.07, 6.45) is 3.05. The van der Waals surface area contributed by atoms with Gasteiger partial charge in [0.25, 0.3) is 0 Å². The molecule has 4 aliphatic rings. The van der Waals surface area contributed by atoms with Gasteiger partial charge in [-0.1, -0.05) is 25.1 Å². The van der Waals surface area contributed by atoms with Crippen molar-refractivity contribution in [2.45, 2.75) is 44.1 Å². The predicted molar refractivity (Wildman–Crippen MR) is 82.0 cm³/mol. The summed E-state index contributed by atoms with van der Waals surface area (Å²) in [7, 11) is 0. The van der Waals surface area contributed by atoms with Gasteiger partial charge in [0.1, 0.15) is 0 Å². The van der Waals surface area contributed by atoms with E-state index in [2.05, 4.69) is 13.0 Å². The Morgan fingerprint density at radius 1 is 1.32 bits per heavy atom. The molecule has 3 fully saturated rings. The van der Waals surface area contributed by atoms with Crippen LogP contribution in [0.25, 0.3) is 0 Å². The molecule has 1 aromatic rings. The van der Waals surface area contributed by atoms with Gasteiger partial charge in [-0.15, -0.1) is 0 Å². The normalized spacial score (nSPS) is 38.0. The molecular weight excluding hydrogens is 276 g/mol. The number of benzene rings is 1. The lowest BCUT2D eigenvalue weighted by Crippen LogP contribution is -2.60. The van der Waals surface area contributed by atoms with Gasteiger partial charge in [-0.25, -0.2) is 0 Å². The molecule has 0 N–H and O–H groups in total. The number of rotatable bonds is 1. The number of aliphatic imine (C=N–C) groups is 1. The lowest BCUT2D eigenvalue weighted by molar-refractivity contribution is -0.152. The van der Waals surface area contributed by atoms with E-state index in [0.29, 0.717) is 12.3 Å². The van der Waals surface area contributed by atoms with Crippen LogP contribution in [0.15, 0.2) is 29.3 Å². The van der Waals surface area contributed by atoms with E-state index in [-0.39, 0.29) is 29.2 Å². The zero-order chi connectivity index (χ0) is 15.1. The van der Waals surface area contributed by atoms with Gasteiger partial charge in [0.2, 0.25) is 11.8 Å². The second kappa shape index (κ2) is 3.86. The van der Waals surface area contributed by atoms with Gasteiger partial charge < -0.3 is 0 Å². The average molecular weight is 294 g/mol. The largest absolute Gasteiger partial charge is 0.278 e.